The Kier molecular flexibility index (Phi) is 7.36. The van der Waals surface area contributed by atoms with Gasteiger partial charge in [-0.1, -0.05) is 54.6 Å². The van der Waals surface area contributed by atoms with Crippen molar-refractivity contribution in [3.8, 4) is 0 Å². The maximum absolute atomic E-state index is 11.3. The summed E-state index contributed by atoms with van der Waals surface area (Å²) in [6.45, 7) is 2.02. The van der Waals surface area contributed by atoms with Crippen molar-refractivity contribution in [3.05, 3.63) is 144 Å². The van der Waals surface area contributed by atoms with Gasteiger partial charge in [0.05, 0.1) is 4.90 Å². The van der Waals surface area contributed by atoms with Crippen molar-refractivity contribution in [1.29, 1.82) is 0 Å². The molecule has 5 N–H and O–H groups in total. The number of aryl methyl sites for hydroxylation is 1. The van der Waals surface area contributed by atoms with Gasteiger partial charge in [0.15, 0.2) is 0 Å². The Labute approximate surface area is 228 Å². The summed E-state index contributed by atoms with van der Waals surface area (Å²) in [5, 5.41) is 6.71. The summed E-state index contributed by atoms with van der Waals surface area (Å²) in [7, 11) is -4.22. The lowest BCUT2D eigenvalue weighted by molar-refractivity contribution is 0.483. The van der Waals surface area contributed by atoms with Gasteiger partial charge in [0.2, 0.25) is 0 Å². The highest BCUT2D eigenvalue weighted by molar-refractivity contribution is 7.85. The third kappa shape index (κ3) is 6.29. The molecular weight excluding hydrogens is 506 g/mol. The molecule has 0 aliphatic carbocycles. The number of nitrogens with two attached hydrogens (primary N) is 1. The van der Waals surface area contributed by atoms with E-state index in [1.807, 2.05) is 55.5 Å². The molecule has 7 heteroatoms. The molecule has 0 amide bonds. The van der Waals surface area contributed by atoms with Crippen LogP contribution in [0.3, 0.4) is 0 Å². The van der Waals surface area contributed by atoms with Gasteiger partial charge in [-0.25, -0.2) is 0 Å². The second-order valence-electron chi connectivity index (χ2n) is 9.41. The van der Waals surface area contributed by atoms with E-state index >= 15 is 0 Å². The fourth-order valence-corrected chi connectivity index (χ4v) is 5.02. The number of para-hydroxylation sites is 1. The van der Waals surface area contributed by atoms with Crippen LogP contribution in [0.15, 0.2) is 126 Å². The average Bonchev–Trinajstić information content (AvgIpc) is 2.93. The molecule has 0 saturated carbocycles. The van der Waals surface area contributed by atoms with Gasteiger partial charge in [0.1, 0.15) is 0 Å². The zero-order valence-corrected chi connectivity index (χ0v) is 22.2. The molecule has 0 heterocycles. The minimum atomic E-state index is -4.22. The molecular formula is C32H29N3O3S. The van der Waals surface area contributed by atoms with E-state index in [0.717, 1.165) is 45.0 Å². The monoisotopic (exact) mass is 535 g/mol. The topological polar surface area (TPSA) is 104 Å². The summed E-state index contributed by atoms with van der Waals surface area (Å²) < 4.78 is 31.8. The first-order valence-electron chi connectivity index (χ1n) is 12.5. The Bertz CT molecular complexity index is 1670. The van der Waals surface area contributed by atoms with Gasteiger partial charge in [-0.15, -0.1) is 0 Å². The molecule has 6 nitrogen and oxygen atoms in total. The lowest BCUT2D eigenvalue weighted by atomic mass is 9.84. The Morgan fingerprint density at radius 2 is 1.05 bits per heavy atom. The Balaban J connectivity index is 1.42. The first-order valence-corrected chi connectivity index (χ1v) is 13.9. The third-order valence-corrected chi connectivity index (χ3v) is 7.49. The second-order valence-corrected chi connectivity index (χ2v) is 10.8. The molecule has 0 fully saturated rings. The van der Waals surface area contributed by atoms with Crippen molar-refractivity contribution in [3.63, 3.8) is 0 Å². The van der Waals surface area contributed by atoms with Crippen LogP contribution in [0.4, 0.5) is 28.4 Å². The molecule has 0 radical (unpaired) electrons. The van der Waals surface area contributed by atoms with E-state index < -0.39 is 10.1 Å². The molecule has 5 rings (SSSR count). The number of benzene rings is 5. The molecule has 0 bridgehead atoms. The van der Waals surface area contributed by atoms with Crippen LogP contribution < -0.4 is 16.4 Å². The number of anilines is 5. The molecule has 0 aromatic heterocycles. The van der Waals surface area contributed by atoms with Crippen molar-refractivity contribution in [2.75, 3.05) is 16.4 Å². The van der Waals surface area contributed by atoms with Crippen LogP contribution in [0.25, 0.3) is 0 Å². The molecule has 5 aromatic carbocycles. The summed E-state index contributed by atoms with van der Waals surface area (Å²) in [5.74, 6) is -0.00169. The predicted molar refractivity (Wildman–Crippen MR) is 159 cm³/mol. The zero-order chi connectivity index (χ0) is 27.4. The van der Waals surface area contributed by atoms with Gasteiger partial charge in [0.25, 0.3) is 10.1 Å². The fourth-order valence-electron chi connectivity index (χ4n) is 4.54. The largest absolute Gasteiger partial charge is 0.399 e. The molecule has 0 saturated heterocycles. The quantitative estimate of drug-likeness (QED) is 0.0932. The molecule has 5 aromatic rings. The van der Waals surface area contributed by atoms with Gasteiger partial charge in [0, 0.05) is 34.4 Å². The van der Waals surface area contributed by atoms with Crippen molar-refractivity contribution in [2.24, 2.45) is 0 Å². The first kappa shape index (κ1) is 26.0. The van der Waals surface area contributed by atoms with Crippen LogP contribution in [0.2, 0.25) is 0 Å². The van der Waals surface area contributed by atoms with Crippen LogP contribution >= 0.6 is 0 Å². The second kappa shape index (κ2) is 11.0. The standard InChI is InChI=1S/C32H29N3O3S/c1-22-21-25(11-20-31(22)33)32(23-7-12-27(13-8-23)34-26-5-3-2-4-6-26)24-9-14-28(15-10-24)35-29-16-18-30(19-17-29)39(36,37)38/h2-21,32,34-35H,33H2,1H3,(H,36,37,38). The van der Waals surface area contributed by atoms with E-state index in [9.17, 15) is 13.0 Å². The van der Waals surface area contributed by atoms with Crippen LogP contribution in [-0.4, -0.2) is 13.0 Å². The van der Waals surface area contributed by atoms with E-state index in [1.54, 1.807) is 12.1 Å². The average molecular weight is 536 g/mol. The minimum Gasteiger partial charge on any atom is -0.399 e. The summed E-state index contributed by atoms with van der Waals surface area (Å²) in [5.41, 5.74) is 14.9. The van der Waals surface area contributed by atoms with E-state index in [4.69, 9.17) is 5.73 Å². The fraction of sp³-hybridized carbons (Fsp3) is 0.0625. The minimum absolute atomic E-state index is 0.00169. The molecule has 39 heavy (non-hydrogen) atoms. The van der Waals surface area contributed by atoms with Gasteiger partial charge in [-0.2, -0.15) is 8.42 Å². The van der Waals surface area contributed by atoms with Gasteiger partial charge in [-0.05, 0) is 95.9 Å². The number of nitrogens with one attached hydrogen (secondary N) is 2. The van der Waals surface area contributed by atoms with Crippen molar-refractivity contribution in [2.45, 2.75) is 17.7 Å². The number of hydrogen-bond donors (Lipinski definition) is 4. The van der Waals surface area contributed by atoms with E-state index in [0.29, 0.717) is 5.69 Å². The summed E-state index contributed by atoms with van der Waals surface area (Å²) in [6, 6.07) is 38.8. The summed E-state index contributed by atoms with van der Waals surface area (Å²) in [4.78, 5) is -0.144. The highest BCUT2D eigenvalue weighted by atomic mass is 32.2. The van der Waals surface area contributed by atoms with Gasteiger partial charge >= 0.3 is 0 Å². The van der Waals surface area contributed by atoms with Crippen molar-refractivity contribution >= 4 is 38.6 Å². The molecule has 1 unspecified atom stereocenters. The van der Waals surface area contributed by atoms with E-state index in [-0.39, 0.29) is 10.8 Å². The van der Waals surface area contributed by atoms with Gasteiger partial charge < -0.3 is 16.4 Å². The maximum atomic E-state index is 11.3. The Morgan fingerprint density at radius 3 is 1.51 bits per heavy atom. The predicted octanol–water partition coefficient (Wildman–Crippen LogP) is 7.49. The van der Waals surface area contributed by atoms with E-state index in [2.05, 4.69) is 59.2 Å². The van der Waals surface area contributed by atoms with Crippen LogP contribution in [0.5, 0.6) is 0 Å². The molecule has 1 atom stereocenters. The zero-order valence-electron chi connectivity index (χ0n) is 21.4. The number of hydrogen-bond acceptors (Lipinski definition) is 5. The van der Waals surface area contributed by atoms with Crippen molar-refractivity contribution in [1.82, 2.24) is 0 Å². The smallest absolute Gasteiger partial charge is 0.294 e. The molecule has 196 valence electrons. The highest BCUT2D eigenvalue weighted by Gasteiger charge is 2.18. The SMILES string of the molecule is Cc1cc(C(c2ccc(Nc3ccccc3)cc2)c2ccc(Nc3ccc(S(=O)(=O)O)cc3)cc2)ccc1N. The third-order valence-electron chi connectivity index (χ3n) is 6.62. The molecule has 0 spiro atoms. The van der Waals surface area contributed by atoms with Gasteiger partial charge in [-0.3, -0.25) is 4.55 Å². The normalized spacial score (nSPS) is 12.1. The van der Waals surface area contributed by atoms with Crippen LogP contribution in [0.1, 0.15) is 28.2 Å². The summed E-state index contributed by atoms with van der Waals surface area (Å²) in [6.07, 6.45) is 0. The lowest BCUT2D eigenvalue weighted by Gasteiger charge is -2.21. The number of nitrogen functional groups attached to an aromatic ring is 1. The van der Waals surface area contributed by atoms with Crippen LogP contribution in [0, 0.1) is 6.92 Å². The molecule has 0 aliphatic rings. The Hall–Kier alpha value is -4.59. The summed E-state index contributed by atoms with van der Waals surface area (Å²) >= 11 is 0. The lowest BCUT2D eigenvalue weighted by Crippen LogP contribution is -2.05. The first-order chi connectivity index (χ1) is 18.8. The Morgan fingerprint density at radius 1 is 0.615 bits per heavy atom. The maximum Gasteiger partial charge on any atom is 0.294 e. The number of rotatable bonds is 8. The van der Waals surface area contributed by atoms with Crippen molar-refractivity contribution < 1.29 is 13.0 Å². The van der Waals surface area contributed by atoms with E-state index in [1.165, 1.54) is 12.1 Å². The highest BCUT2D eigenvalue weighted by Crippen LogP contribution is 2.35. The van der Waals surface area contributed by atoms with Crippen LogP contribution in [-0.2, 0) is 10.1 Å². The molecule has 0 aliphatic heterocycles.